The lowest BCUT2D eigenvalue weighted by Crippen LogP contribution is -2.37. The summed E-state index contributed by atoms with van der Waals surface area (Å²) >= 11 is 3.54. The Morgan fingerprint density at radius 3 is 2.77 bits per heavy atom. The molecule has 0 aromatic carbocycles. The van der Waals surface area contributed by atoms with Crippen LogP contribution < -0.4 is 0 Å². The molecule has 1 aliphatic carbocycles. The lowest BCUT2D eigenvalue weighted by Gasteiger charge is -2.38. The molecule has 0 N–H and O–H groups in total. The molecule has 2 heteroatoms. The summed E-state index contributed by atoms with van der Waals surface area (Å²) in [5.74, 6) is 0.922. The summed E-state index contributed by atoms with van der Waals surface area (Å²) in [5, 5.41) is 1.16. The molecule has 1 atom stereocenters. The summed E-state index contributed by atoms with van der Waals surface area (Å²) in [4.78, 5) is 0. The van der Waals surface area contributed by atoms with E-state index in [0.717, 1.165) is 17.9 Å². The molecular weight excluding hydrogens is 228 g/mol. The smallest absolute Gasteiger partial charge is 0.0685 e. The van der Waals surface area contributed by atoms with Gasteiger partial charge in [-0.25, -0.2) is 0 Å². The minimum atomic E-state index is 0.324. The quantitative estimate of drug-likeness (QED) is 0.678. The first-order valence-corrected chi connectivity index (χ1v) is 6.67. The highest BCUT2D eigenvalue weighted by atomic mass is 79.9. The molecule has 1 heterocycles. The van der Waals surface area contributed by atoms with Crippen molar-refractivity contribution in [2.24, 2.45) is 5.92 Å². The minimum Gasteiger partial charge on any atom is -0.375 e. The summed E-state index contributed by atoms with van der Waals surface area (Å²) in [5.41, 5.74) is 0.324. The second-order valence-corrected chi connectivity index (χ2v) is 5.37. The highest BCUT2D eigenvalue weighted by Crippen LogP contribution is 2.42. The lowest BCUT2D eigenvalue weighted by molar-refractivity contribution is -0.0927. The summed E-state index contributed by atoms with van der Waals surface area (Å²) in [7, 11) is 0. The van der Waals surface area contributed by atoms with Crippen LogP contribution in [0.3, 0.4) is 0 Å². The third kappa shape index (κ3) is 2.27. The standard InChI is InChI=1S/C11H19BrO/c12-7-3-10-4-8-13-11(9-10)5-1-2-6-11/h10H,1-9H2. The molecule has 2 fully saturated rings. The van der Waals surface area contributed by atoms with E-state index in [9.17, 15) is 0 Å². The highest BCUT2D eigenvalue weighted by Gasteiger charge is 2.39. The molecule has 1 saturated carbocycles. The summed E-state index contributed by atoms with van der Waals surface area (Å²) in [6.07, 6.45) is 9.39. The van der Waals surface area contributed by atoms with Crippen LogP contribution in [-0.4, -0.2) is 17.5 Å². The van der Waals surface area contributed by atoms with Gasteiger partial charge in [-0.1, -0.05) is 28.8 Å². The zero-order valence-corrected chi connectivity index (χ0v) is 9.81. The average Bonchev–Trinajstić information content (AvgIpc) is 2.54. The Hall–Kier alpha value is 0.440. The van der Waals surface area contributed by atoms with Gasteiger partial charge >= 0.3 is 0 Å². The third-order valence-corrected chi connectivity index (χ3v) is 4.09. The van der Waals surface area contributed by atoms with E-state index in [1.807, 2.05) is 0 Å². The van der Waals surface area contributed by atoms with Gasteiger partial charge in [0.05, 0.1) is 5.60 Å². The first-order valence-electron chi connectivity index (χ1n) is 5.55. The number of alkyl halides is 1. The van der Waals surface area contributed by atoms with Crippen LogP contribution in [0.15, 0.2) is 0 Å². The van der Waals surface area contributed by atoms with Crippen LogP contribution in [0.5, 0.6) is 0 Å². The first kappa shape index (κ1) is 9.97. The molecule has 0 amide bonds. The maximum Gasteiger partial charge on any atom is 0.0685 e. The van der Waals surface area contributed by atoms with Crippen molar-refractivity contribution in [3.8, 4) is 0 Å². The van der Waals surface area contributed by atoms with E-state index < -0.39 is 0 Å². The summed E-state index contributed by atoms with van der Waals surface area (Å²) in [6, 6.07) is 0. The fraction of sp³-hybridized carbons (Fsp3) is 1.00. The van der Waals surface area contributed by atoms with Gasteiger partial charge in [0.15, 0.2) is 0 Å². The Morgan fingerprint density at radius 2 is 2.08 bits per heavy atom. The Kier molecular flexibility index (Phi) is 3.31. The fourth-order valence-electron chi connectivity index (χ4n) is 2.90. The average molecular weight is 247 g/mol. The van der Waals surface area contributed by atoms with E-state index in [-0.39, 0.29) is 0 Å². The van der Waals surface area contributed by atoms with Gasteiger partial charge in [-0.15, -0.1) is 0 Å². The second-order valence-electron chi connectivity index (χ2n) is 4.58. The van der Waals surface area contributed by atoms with Gasteiger partial charge in [0.25, 0.3) is 0 Å². The van der Waals surface area contributed by atoms with Crippen LogP contribution in [0.2, 0.25) is 0 Å². The Labute approximate surface area is 89.4 Å². The molecule has 13 heavy (non-hydrogen) atoms. The van der Waals surface area contributed by atoms with E-state index in [2.05, 4.69) is 15.9 Å². The van der Waals surface area contributed by atoms with E-state index in [1.54, 1.807) is 0 Å². The molecule has 0 aromatic heterocycles. The van der Waals surface area contributed by atoms with Crippen LogP contribution >= 0.6 is 15.9 Å². The molecule has 0 bridgehead atoms. The molecule has 1 unspecified atom stereocenters. The van der Waals surface area contributed by atoms with Crippen molar-refractivity contribution in [1.82, 2.24) is 0 Å². The molecule has 1 aliphatic heterocycles. The fourth-order valence-corrected chi connectivity index (χ4v) is 3.55. The number of rotatable bonds is 2. The van der Waals surface area contributed by atoms with Crippen LogP contribution in [0.4, 0.5) is 0 Å². The van der Waals surface area contributed by atoms with Crippen molar-refractivity contribution in [1.29, 1.82) is 0 Å². The van der Waals surface area contributed by atoms with Crippen molar-refractivity contribution in [3.05, 3.63) is 0 Å². The number of hydrogen-bond acceptors (Lipinski definition) is 1. The van der Waals surface area contributed by atoms with Crippen molar-refractivity contribution in [2.75, 3.05) is 11.9 Å². The normalized spacial score (nSPS) is 32.5. The van der Waals surface area contributed by atoms with E-state index in [0.29, 0.717) is 5.60 Å². The first-order chi connectivity index (χ1) is 6.35. The van der Waals surface area contributed by atoms with Crippen LogP contribution in [0.25, 0.3) is 0 Å². The van der Waals surface area contributed by atoms with Gasteiger partial charge in [0.2, 0.25) is 0 Å². The Morgan fingerprint density at radius 1 is 1.31 bits per heavy atom. The number of ether oxygens (including phenoxy) is 1. The number of halogens is 1. The van der Waals surface area contributed by atoms with Crippen molar-refractivity contribution >= 4 is 15.9 Å². The van der Waals surface area contributed by atoms with Gasteiger partial charge in [-0.3, -0.25) is 0 Å². The van der Waals surface area contributed by atoms with Crippen LogP contribution in [0, 0.1) is 5.92 Å². The molecule has 1 spiro atoms. The van der Waals surface area contributed by atoms with E-state index >= 15 is 0 Å². The molecule has 1 saturated heterocycles. The second kappa shape index (κ2) is 4.31. The van der Waals surface area contributed by atoms with Gasteiger partial charge in [0.1, 0.15) is 0 Å². The van der Waals surface area contributed by atoms with Gasteiger partial charge < -0.3 is 4.74 Å². The third-order valence-electron chi connectivity index (χ3n) is 3.63. The van der Waals surface area contributed by atoms with Crippen LogP contribution in [-0.2, 0) is 4.74 Å². The highest BCUT2D eigenvalue weighted by molar-refractivity contribution is 9.09. The molecule has 2 rings (SSSR count). The van der Waals surface area contributed by atoms with Crippen molar-refractivity contribution in [3.63, 3.8) is 0 Å². The monoisotopic (exact) mass is 246 g/mol. The maximum atomic E-state index is 5.99. The topological polar surface area (TPSA) is 9.23 Å². The lowest BCUT2D eigenvalue weighted by atomic mass is 9.83. The Bertz CT molecular complexity index is 161. The van der Waals surface area contributed by atoms with Gasteiger partial charge in [-0.2, -0.15) is 0 Å². The molecule has 2 aliphatic rings. The summed E-state index contributed by atoms with van der Waals surface area (Å²) in [6.45, 7) is 1.01. The number of hydrogen-bond donors (Lipinski definition) is 0. The minimum absolute atomic E-state index is 0.324. The molecule has 0 aromatic rings. The van der Waals surface area contributed by atoms with Gasteiger partial charge in [-0.05, 0) is 38.0 Å². The van der Waals surface area contributed by atoms with E-state index in [4.69, 9.17) is 4.74 Å². The zero-order valence-electron chi connectivity index (χ0n) is 8.23. The zero-order chi connectivity index (χ0) is 9.15. The van der Waals surface area contributed by atoms with Gasteiger partial charge in [0, 0.05) is 11.9 Å². The molecule has 0 radical (unpaired) electrons. The molecule has 76 valence electrons. The maximum absolute atomic E-state index is 5.99. The van der Waals surface area contributed by atoms with E-state index in [1.165, 1.54) is 44.9 Å². The van der Waals surface area contributed by atoms with Crippen LogP contribution in [0.1, 0.15) is 44.9 Å². The Balaban J connectivity index is 1.90. The van der Waals surface area contributed by atoms with Crippen molar-refractivity contribution in [2.45, 2.75) is 50.5 Å². The molecular formula is C11H19BrO. The predicted molar refractivity (Wildman–Crippen MR) is 58.3 cm³/mol. The predicted octanol–water partition coefficient (Wildman–Crippen LogP) is 3.51. The largest absolute Gasteiger partial charge is 0.375 e. The SMILES string of the molecule is BrCCC1CCOC2(CCCC2)C1. The van der Waals surface area contributed by atoms with Crippen molar-refractivity contribution < 1.29 is 4.74 Å². The molecule has 1 nitrogen and oxygen atoms in total. The summed E-state index contributed by atoms with van der Waals surface area (Å²) < 4.78 is 5.99.